The van der Waals surface area contributed by atoms with Gasteiger partial charge in [0.1, 0.15) is 5.75 Å². The van der Waals surface area contributed by atoms with Crippen LogP contribution in [0.2, 0.25) is 0 Å². The fraction of sp³-hybridized carbons (Fsp3) is 0.174. The highest BCUT2D eigenvalue weighted by Gasteiger charge is 2.15. The average Bonchev–Trinajstić information content (AvgIpc) is 2.67. The van der Waals surface area contributed by atoms with E-state index in [0.717, 1.165) is 38.9 Å². The molecule has 0 heterocycles. The second-order valence-electron chi connectivity index (χ2n) is 6.28. The summed E-state index contributed by atoms with van der Waals surface area (Å²) in [6.07, 6.45) is 1.23. The van der Waals surface area contributed by atoms with E-state index in [1.54, 1.807) is 7.11 Å². The van der Waals surface area contributed by atoms with Crippen molar-refractivity contribution in [3.63, 3.8) is 0 Å². The Morgan fingerprint density at radius 2 is 1.65 bits per heavy atom. The van der Waals surface area contributed by atoms with Crippen molar-refractivity contribution in [1.82, 2.24) is 0 Å². The van der Waals surface area contributed by atoms with E-state index in [1.807, 2.05) is 61.5 Å². The number of ketones is 1. The first kappa shape index (κ1) is 18.4. The van der Waals surface area contributed by atoms with Crippen LogP contribution in [0.5, 0.6) is 5.75 Å². The first-order valence-electron chi connectivity index (χ1n) is 8.60. The third-order valence-corrected chi connectivity index (χ3v) is 5.03. The number of ether oxygens (including phenoxy) is 1. The number of hydrogen-bond donors (Lipinski definition) is 0. The lowest BCUT2D eigenvalue weighted by Gasteiger charge is -2.13. The van der Waals surface area contributed by atoms with Crippen molar-refractivity contribution in [2.24, 2.45) is 0 Å². The zero-order chi connectivity index (χ0) is 18.5. The van der Waals surface area contributed by atoms with Gasteiger partial charge in [-0.25, -0.2) is 0 Å². The summed E-state index contributed by atoms with van der Waals surface area (Å²) in [5, 5.41) is 0. The molecule has 3 heteroatoms. The third kappa shape index (κ3) is 4.23. The first-order chi connectivity index (χ1) is 12.6. The number of hydrogen-bond acceptors (Lipinski definition) is 2. The van der Waals surface area contributed by atoms with Crippen molar-refractivity contribution in [2.45, 2.75) is 19.8 Å². The number of Topliss-reactive ketones (excluding diaryl/α,β-unsaturated/α-hetero) is 1. The molecule has 0 spiro atoms. The Balaban J connectivity index is 1.85. The van der Waals surface area contributed by atoms with Crippen molar-refractivity contribution in [2.75, 3.05) is 7.11 Å². The molecule has 0 N–H and O–H groups in total. The maximum atomic E-state index is 12.9. The van der Waals surface area contributed by atoms with Crippen LogP contribution in [0.4, 0.5) is 0 Å². The maximum absolute atomic E-state index is 12.9. The van der Waals surface area contributed by atoms with Crippen LogP contribution in [0.3, 0.4) is 0 Å². The molecule has 26 heavy (non-hydrogen) atoms. The van der Waals surface area contributed by atoms with Crippen molar-refractivity contribution in [3.8, 4) is 16.9 Å². The minimum absolute atomic E-state index is 0.169. The SMILES string of the molecule is COc1ccc(-c2c(C)cccc2C(=O)CCc2ccc(Br)cc2)cc1. The Morgan fingerprint density at radius 1 is 0.962 bits per heavy atom. The lowest BCUT2D eigenvalue weighted by atomic mass is 9.91. The van der Waals surface area contributed by atoms with Gasteiger partial charge in [-0.2, -0.15) is 0 Å². The summed E-state index contributed by atoms with van der Waals surface area (Å²) >= 11 is 3.44. The Hall–Kier alpha value is -2.39. The van der Waals surface area contributed by atoms with Crippen LogP contribution in [-0.2, 0) is 6.42 Å². The molecule has 0 fully saturated rings. The molecule has 0 radical (unpaired) electrons. The van der Waals surface area contributed by atoms with Gasteiger partial charge in [-0.05, 0) is 59.9 Å². The molecule has 0 unspecified atom stereocenters. The van der Waals surface area contributed by atoms with E-state index < -0.39 is 0 Å². The van der Waals surface area contributed by atoms with Gasteiger partial charge < -0.3 is 4.74 Å². The van der Waals surface area contributed by atoms with E-state index in [1.165, 1.54) is 5.56 Å². The van der Waals surface area contributed by atoms with Gasteiger partial charge >= 0.3 is 0 Å². The molecular formula is C23H21BrO2. The number of carbonyl (C=O) groups is 1. The lowest BCUT2D eigenvalue weighted by Crippen LogP contribution is -2.04. The van der Waals surface area contributed by atoms with Crippen LogP contribution in [0.15, 0.2) is 71.2 Å². The second kappa shape index (κ2) is 8.33. The van der Waals surface area contributed by atoms with Crippen LogP contribution in [0.1, 0.15) is 27.9 Å². The highest BCUT2D eigenvalue weighted by Crippen LogP contribution is 2.30. The maximum Gasteiger partial charge on any atom is 0.163 e. The molecule has 0 saturated heterocycles. The lowest BCUT2D eigenvalue weighted by molar-refractivity contribution is 0.0983. The van der Waals surface area contributed by atoms with E-state index in [0.29, 0.717) is 6.42 Å². The van der Waals surface area contributed by atoms with E-state index in [4.69, 9.17) is 4.74 Å². The van der Waals surface area contributed by atoms with Crippen LogP contribution < -0.4 is 4.74 Å². The van der Waals surface area contributed by atoms with Gasteiger partial charge in [-0.3, -0.25) is 4.79 Å². The third-order valence-electron chi connectivity index (χ3n) is 4.51. The summed E-state index contributed by atoms with van der Waals surface area (Å²) in [7, 11) is 1.65. The number of rotatable bonds is 6. The van der Waals surface area contributed by atoms with Crippen molar-refractivity contribution < 1.29 is 9.53 Å². The molecule has 3 aromatic rings. The molecule has 0 aliphatic heterocycles. The molecule has 0 atom stereocenters. The molecule has 0 amide bonds. The Kier molecular flexibility index (Phi) is 5.89. The summed E-state index contributed by atoms with van der Waals surface area (Å²) in [5.41, 5.74) is 5.10. The predicted octanol–water partition coefficient (Wildman–Crippen LogP) is 6.25. The summed E-state index contributed by atoms with van der Waals surface area (Å²) in [6.45, 7) is 2.05. The smallest absolute Gasteiger partial charge is 0.163 e. The van der Waals surface area contributed by atoms with Gasteiger partial charge in [0.15, 0.2) is 5.78 Å². The topological polar surface area (TPSA) is 26.3 Å². The van der Waals surface area contributed by atoms with E-state index >= 15 is 0 Å². The van der Waals surface area contributed by atoms with Crippen LogP contribution in [-0.4, -0.2) is 12.9 Å². The normalized spacial score (nSPS) is 10.6. The molecule has 2 nitrogen and oxygen atoms in total. The van der Waals surface area contributed by atoms with E-state index in [-0.39, 0.29) is 5.78 Å². The summed E-state index contributed by atoms with van der Waals surface area (Å²) in [6, 6.07) is 21.9. The Morgan fingerprint density at radius 3 is 2.31 bits per heavy atom. The largest absolute Gasteiger partial charge is 0.497 e. The van der Waals surface area contributed by atoms with Gasteiger partial charge in [-0.1, -0.05) is 58.4 Å². The molecule has 0 aromatic heterocycles. The fourth-order valence-corrected chi connectivity index (χ4v) is 3.35. The molecule has 0 aliphatic carbocycles. The average molecular weight is 409 g/mol. The van der Waals surface area contributed by atoms with Crippen LogP contribution in [0.25, 0.3) is 11.1 Å². The van der Waals surface area contributed by atoms with Crippen molar-refractivity contribution >= 4 is 21.7 Å². The second-order valence-corrected chi connectivity index (χ2v) is 7.19. The van der Waals surface area contributed by atoms with E-state index in [9.17, 15) is 4.79 Å². The quantitative estimate of drug-likeness (QED) is 0.450. The standard InChI is InChI=1S/C23H21BrO2/c1-16-4-3-5-21(23(16)18-9-13-20(26-2)14-10-18)22(25)15-8-17-6-11-19(24)12-7-17/h3-7,9-14H,8,15H2,1-2H3. The zero-order valence-corrected chi connectivity index (χ0v) is 16.5. The molecule has 0 saturated carbocycles. The highest BCUT2D eigenvalue weighted by atomic mass is 79.9. The van der Waals surface area contributed by atoms with E-state index in [2.05, 4.69) is 28.1 Å². The molecule has 3 rings (SSSR count). The van der Waals surface area contributed by atoms with Gasteiger partial charge in [0, 0.05) is 16.5 Å². The predicted molar refractivity (Wildman–Crippen MR) is 110 cm³/mol. The van der Waals surface area contributed by atoms with Crippen LogP contribution in [0, 0.1) is 6.92 Å². The summed E-state index contributed by atoms with van der Waals surface area (Å²) in [4.78, 5) is 12.9. The summed E-state index contributed by atoms with van der Waals surface area (Å²) in [5.74, 6) is 0.980. The first-order valence-corrected chi connectivity index (χ1v) is 9.39. The minimum Gasteiger partial charge on any atom is -0.497 e. The molecular weight excluding hydrogens is 388 g/mol. The van der Waals surface area contributed by atoms with Crippen LogP contribution >= 0.6 is 15.9 Å². The minimum atomic E-state index is 0.169. The Bertz CT molecular complexity index is 896. The van der Waals surface area contributed by atoms with Gasteiger partial charge in [0.2, 0.25) is 0 Å². The molecule has 132 valence electrons. The number of aryl methyl sites for hydroxylation is 2. The number of carbonyl (C=O) groups excluding carboxylic acids is 1. The molecule has 3 aromatic carbocycles. The number of benzene rings is 3. The number of methoxy groups -OCH3 is 1. The fourth-order valence-electron chi connectivity index (χ4n) is 3.08. The Labute approximate surface area is 163 Å². The van der Waals surface area contributed by atoms with Crippen molar-refractivity contribution in [3.05, 3.63) is 87.9 Å². The zero-order valence-electron chi connectivity index (χ0n) is 15.0. The van der Waals surface area contributed by atoms with Gasteiger partial charge in [0.05, 0.1) is 7.11 Å². The molecule has 0 bridgehead atoms. The van der Waals surface area contributed by atoms with Gasteiger partial charge in [0.25, 0.3) is 0 Å². The summed E-state index contributed by atoms with van der Waals surface area (Å²) < 4.78 is 6.29. The molecule has 0 aliphatic rings. The number of halogens is 1. The highest BCUT2D eigenvalue weighted by molar-refractivity contribution is 9.10. The monoisotopic (exact) mass is 408 g/mol. The van der Waals surface area contributed by atoms with Gasteiger partial charge in [-0.15, -0.1) is 0 Å². The van der Waals surface area contributed by atoms with Crippen molar-refractivity contribution in [1.29, 1.82) is 0 Å².